The van der Waals surface area contributed by atoms with Crippen LogP contribution < -0.4 is 5.56 Å². The molecule has 1 amide bonds. The quantitative estimate of drug-likeness (QED) is 0.890. The molecule has 8 heteroatoms. The Morgan fingerprint density at radius 1 is 1.52 bits per heavy atom. The number of hydrogen-bond acceptors (Lipinski definition) is 5. The highest BCUT2D eigenvalue weighted by molar-refractivity contribution is 5.79. The number of carbonyl (C=O) groups is 1. The van der Waals surface area contributed by atoms with E-state index in [0.717, 1.165) is 12.8 Å². The summed E-state index contributed by atoms with van der Waals surface area (Å²) in [6.45, 7) is 5.37. The first kappa shape index (κ1) is 15.5. The fourth-order valence-electron chi connectivity index (χ4n) is 3.00. The van der Waals surface area contributed by atoms with Crippen LogP contribution in [0.4, 0.5) is 0 Å². The summed E-state index contributed by atoms with van der Waals surface area (Å²) >= 11 is 0. The number of H-pyrrole nitrogens is 1. The van der Waals surface area contributed by atoms with Gasteiger partial charge < -0.3 is 9.42 Å². The van der Waals surface area contributed by atoms with Crippen LogP contribution in [0.25, 0.3) is 0 Å². The average Bonchev–Trinajstić information content (AvgIpc) is 3.19. The molecule has 1 N–H and O–H groups in total. The molecule has 0 radical (unpaired) electrons. The number of aromatic amines is 1. The van der Waals surface area contributed by atoms with Gasteiger partial charge in [-0.15, -0.1) is 0 Å². The van der Waals surface area contributed by atoms with E-state index in [1.54, 1.807) is 9.58 Å². The van der Waals surface area contributed by atoms with Gasteiger partial charge in [0.2, 0.25) is 12.3 Å². The van der Waals surface area contributed by atoms with Gasteiger partial charge in [0.05, 0.1) is 12.5 Å². The Morgan fingerprint density at radius 3 is 3.04 bits per heavy atom. The number of amides is 1. The molecule has 3 rings (SSSR count). The Bertz CT molecular complexity index is 716. The molecule has 1 saturated heterocycles. The second-order valence-corrected chi connectivity index (χ2v) is 6.34. The summed E-state index contributed by atoms with van der Waals surface area (Å²) in [4.78, 5) is 30.3. The predicted octanol–water partition coefficient (Wildman–Crippen LogP) is 1.12. The summed E-state index contributed by atoms with van der Waals surface area (Å²) in [5, 5.41) is 6.87. The molecular formula is C15H21N5O3. The monoisotopic (exact) mass is 319 g/mol. The fraction of sp³-hybridized carbons (Fsp3) is 0.600. The van der Waals surface area contributed by atoms with Gasteiger partial charge in [0.15, 0.2) is 5.82 Å². The Morgan fingerprint density at radius 2 is 2.35 bits per heavy atom. The lowest BCUT2D eigenvalue weighted by Crippen LogP contribution is -2.32. The summed E-state index contributed by atoms with van der Waals surface area (Å²) < 4.78 is 6.33. The van der Waals surface area contributed by atoms with Gasteiger partial charge in [-0.2, -0.15) is 4.98 Å². The van der Waals surface area contributed by atoms with Crippen LogP contribution in [-0.2, 0) is 17.8 Å². The van der Waals surface area contributed by atoms with Crippen molar-refractivity contribution in [2.24, 2.45) is 5.92 Å². The first-order chi connectivity index (χ1) is 11.0. The molecule has 2 aromatic heterocycles. The summed E-state index contributed by atoms with van der Waals surface area (Å²) in [7, 11) is 0. The van der Waals surface area contributed by atoms with Gasteiger partial charge in [-0.3, -0.25) is 19.4 Å². The third kappa shape index (κ3) is 3.35. The van der Waals surface area contributed by atoms with Gasteiger partial charge in [0.1, 0.15) is 0 Å². The van der Waals surface area contributed by atoms with Gasteiger partial charge in [0, 0.05) is 24.8 Å². The van der Waals surface area contributed by atoms with Crippen LogP contribution in [0.3, 0.4) is 0 Å². The van der Waals surface area contributed by atoms with Crippen molar-refractivity contribution in [2.75, 3.05) is 6.54 Å². The van der Waals surface area contributed by atoms with Crippen LogP contribution in [0.5, 0.6) is 0 Å². The molecular weight excluding hydrogens is 298 g/mol. The minimum Gasteiger partial charge on any atom is -0.343 e. The van der Waals surface area contributed by atoms with Crippen LogP contribution in [0, 0.1) is 5.92 Å². The van der Waals surface area contributed by atoms with Crippen molar-refractivity contribution in [1.82, 2.24) is 24.8 Å². The number of nitrogens with zero attached hydrogens (tertiary/aromatic N) is 4. The topological polar surface area (TPSA) is 97.0 Å². The van der Waals surface area contributed by atoms with E-state index in [2.05, 4.69) is 15.2 Å². The molecule has 124 valence electrons. The normalized spacial score (nSPS) is 18.0. The van der Waals surface area contributed by atoms with Crippen LogP contribution in [0.2, 0.25) is 0 Å². The van der Waals surface area contributed by atoms with E-state index < -0.39 is 0 Å². The van der Waals surface area contributed by atoms with E-state index in [-0.39, 0.29) is 23.9 Å². The minimum atomic E-state index is -0.134. The zero-order valence-electron chi connectivity index (χ0n) is 13.4. The molecule has 0 aromatic carbocycles. The summed E-state index contributed by atoms with van der Waals surface area (Å²) in [6.07, 6.45) is 3.19. The van der Waals surface area contributed by atoms with Gasteiger partial charge in [0.25, 0.3) is 5.56 Å². The van der Waals surface area contributed by atoms with Crippen molar-refractivity contribution >= 4 is 5.91 Å². The summed E-state index contributed by atoms with van der Waals surface area (Å²) in [5.41, 5.74) is 0.539. The second kappa shape index (κ2) is 6.39. The van der Waals surface area contributed by atoms with E-state index in [1.807, 2.05) is 13.8 Å². The molecule has 8 nitrogen and oxygen atoms in total. The molecule has 1 atom stereocenters. The predicted molar refractivity (Wildman–Crippen MR) is 81.6 cm³/mol. The highest BCUT2D eigenvalue weighted by atomic mass is 16.5. The number of carbonyl (C=O) groups excluding carboxylic acids is 1. The Kier molecular flexibility index (Phi) is 4.31. The number of nitrogens with one attached hydrogen (secondary N) is 1. The van der Waals surface area contributed by atoms with Crippen molar-refractivity contribution in [3.8, 4) is 0 Å². The molecule has 23 heavy (non-hydrogen) atoms. The molecule has 3 heterocycles. The largest absolute Gasteiger partial charge is 0.343 e. The van der Waals surface area contributed by atoms with Gasteiger partial charge in [-0.25, -0.2) is 0 Å². The van der Waals surface area contributed by atoms with Crippen molar-refractivity contribution in [3.05, 3.63) is 34.3 Å². The van der Waals surface area contributed by atoms with Gasteiger partial charge >= 0.3 is 0 Å². The van der Waals surface area contributed by atoms with Crippen molar-refractivity contribution in [3.63, 3.8) is 0 Å². The Labute approximate surface area is 133 Å². The molecule has 1 aliphatic heterocycles. The molecule has 1 unspecified atom stereocenters. The van der Waals surface area contributed by atoms with Crippen molar-refractivity contribution < 1.29 is 9.32 Å². The minimum absolute atomic E-state index is 0.0322. The molecule has 0 aliphatic carbocycles. The van der Waals surface area contributed by atoms with Crippen LogP contribution >= 0.6 is 0 Å². The van der Waals surface area contributed by atoms with Crippen LogP contribution in [0.15, 0.2) is 21.8 Å². The fourth-order valence-corrected chi connectivity index (χ4v) is 3.00. The summed E-state index contributed by atoms with van der Waals surface area (Å²) in [6, 6.07) is 1.37. The Balaban J connectivity index is 1.70. The van der Waals surface area contributed by atoms with Gasteiger partial charge in [-0.05, 0) is 18.8 Å². The maximum absolute atomic E-state index is 12.6. The smallest absolute Gasteiger partial charge is 0.266 e. The number of rotatable bonds is 5. The van der Waals surface area contributed by atoms with Crippen LogP contribution in [-0.4, -0.2) is 37.3 Å². The number of hydrogen-bond donors (Lipinski definition) is 1. The van der Waals surface area contributed by atoms with Gasteiger partial charge in [-0.1, -0.05) is 19.0 Å². The zero-order chi connectivity index (χ0) is 16.4. The molecule has 2 aromatic rings. The first-order valence-corrected chi connectivity index (χ1v) is 7.89. The maximum Gasteiger partial charge on any atom is 0.266 e. The second-order valence-electron chi connectivity index (χ2n) is 6.34. The van der Waals surface area contributed by atoms with E-state index >= 15 is 0 Å². The van der Waals surface area contributed by atoms with E-state index in [4.69, 9.17) is 4.52 Å². The van der Waals surface area contributed by atoms with E-state index in [1.165, 1.54) is 12.5 Å². The van der Waals surface area contributed by atoms with E-state index in [9.17, 15) is 9.59 Å². The van der Waals surface area contributed by atoms with Crippen molar-refractivity contribution in [2.45, 2.75) is 45.7 Å². The molecule has 1 fully saturated rings. The number of aromatic nitrogens is 4. The SMILES string of the molecule is CC(C)Cn1[nH]c(CC(=O)N2CCCC2c2ncon2)cc1=O. The lowest BCUT2D eigenvalue weighted by atomic mass is 10.2. The lowest BCUT2D eigenvalue weighted by Gasteiger charge is -2.21. The molecule has 0 saturated carbocycles. The highest BCUT2D eigenvalue weighted by Gasteiger charge is 2.32. The molecule has 0 spiro atoms. The highest BCUT2D eigenvalue weighted by Crippen LogP contribution is 2.30. The number of likely N-dealkylation sites (tertiary alicyclic amines) is 1. The van der Waals surface area contributed by atoms with E-state index in [0.29, 0.717) is 30.5 Å². The lowest BCUT2D eigenvalue weighted by molar-refractivity contribution is -0.131. The molecule has 0 bridgehead atoms. The Hall–Kier alpha value is -2.38. The van der Waals surface area contributed by atoms with Crippen molar-refractivity contribution in [1.29, 1.82) is 0 Å². The van der Waals surface area contributed by atoms with Crippen LogP contribution in [0.1, 0.15) is 44.2 Å². The third-order valence-electron chi connectivity index (χ3n) is 3.98. The first-order valence-electron chi connectivity index (χ1n) is 7.89. The zero-order valence-corrected chi connectivity index (χ0v) is 13.4. The standard InChI is InChI=1S/C15H21N5O3/c1-10(2)8-20-14(22)7-11(17-20)6-13(21)19-5-3-4-12(19)15-16-9-23-18-15/h7,9-10,12,17H,3-6,8H2,1-2H3. The summed E-state index contributed by atoms with van der Waals surface area (Å²) in [5.74, 6) is 0.869. The maximum atomic E-state index is 12.6. The third-order valence-corrected chi connectivity index (χ3v) is 3.98. The average molecular weight is 319 g/mol. The molecule has 1 aliphatic rings.